The van der Waals surface area contributed by atoms with Gasteiger partial charge in [0.25, 0.3) is 0 Å². The maximum atomic E-state index is 12.6. The largest absolute Gasteiger partial charge is 0.462 e. The topological polar surface area (TPSA) is 78.9 Å². The normalized spacial score (nSPS) is 12.8. The highest BCUT2D eigenvalue weighted by Gasteiger charge is 2.19. The monoisotopic (exact) mass is 821 g/mol. The molecule has 0 aliphatic carbocycles. The van der Waals surface area contributed by atoms with Crippen LogP contribution in [0.1, 0.15) is 213 Å². The van der Waals surface area contributed by atoms with Gasteiger partial charge < -0.3 is 14.2 Å². The molecule has 0 radical (unpaired) electrons. The Morgan fingerprint density at radius 1 is 0.356 bits per heavy atom. The van der Waals surface area contributed by atoms with Crippen LogP contribution in [0.2, 0.25) is 0 Å². The van der Waals surface area contributed by atoms with Gasteiger partial charge in [0.2, 0.25) is 0 Å². The molecule has 0 amide bonds. The highest BCUT2D eigenvalue weighted by atomic mass is 16.6. The van der Waals surface area contributed by atoms with Crippen LogP contribution in [-0.2, 0) is 28.6 Å². The standard InChI is InChI=1S/C53H88O6/c1-4-7-10-13-16-17-18-19-20-21-22-23-24-25-26-27-28-29-30-31-32-33-34-35-38-40-43-46-52(55)58-49-50(59-53(56)47-44-41-37-15-12-9-6-3)48-57-51(54)45-42-39-36-14-11-8-5-2/h7,10,16-17,19-20,22-23,25-26,28-29,31-32,50H,4-6,8-9,11-15,18,21,24,27,30,33-49H2,1-3H3/b10-7-,17-16-,20-19-,23-22-,26-25-,29-28-,32-31-. The van der Waals surface area contributed by atoms with Crippen molar-refractivity contribution in [3.8, 4) is 0 Å². The summed E-state index contributed by atoms with van der Waals surface area (Å²) in [5.41, 5.74) is 0. The SMILES string of the molecule is CC/C=C\C/C=C\C/C=C\C/C=C\C/C=C\C/C=C\C/C=C\CCCCCCCC(=O)OCC(COC(=O)CCCCCCCCC)OC(=O)CCCCCCCCC. The zero-order chi connectivity index (χ0) is 43.0. The van der Waals surface area contributed by atoms with Gasteiger partial charge in [-0.1, -0.05) is 202 Å². The summed E-state index contributed by atoms with van der Waals surface area (Å²) in [7, 11) is 0. The van der Waals surface area contributed by atoms with E-state index in [2.05, 4.69) is 106 Å². The van der Waals surface area contributed by atoms with Crippen LogP contribution in [0, 0.1) is 0 Å². The minimum atomic E-state index is -0.776. The van der Waals surface area contributed by atoms with Crippen molar-refractivity contribution in [3.63, 3.8) is 0 Å². The number of ether oxygens (including phenoxy) is 3. The second-order valence-corrected chi connectivity index (χ2v) is 15.6. The van der Waals surface area contributed by atoms with Crippen molar-refractivity contribution in [2.45, 2.75) is 219 Å². The number of unbranched alkanes of at least 4 members (excludes halogenated alkanes) is 17. The number of carbonyl (C=O) groups excluding carboxylic acids is 3. The number of carbonyl (C=O) groups is 3. The Kier molecular flexibility index (Phi) is 44.5. The van der Waals surface area contributed by atoms with Crippen molar-refractivity contribution in [2.24, 2.45) is 0 Å². The summed E-state index contributed by atoms with van der Waals surface area (Å²) in [6.45, 7) is 6.40. The lowest BCUT2D eigenvalue weighted by Gasteiger charge is -2.18. The Morgan fingerprint density at radius 3 is 1.03 bits per heavy atom. The van der Waals surface area contributed by atoms with E-state index in [1.54, 1.807) is 0 Å². The maximum Gasteiger partial charge on any atom is 0.306 e. The average molecular weight is 821 g/mol. The van der Waals surface area contributed by atoms with E-state index in [4.69, 9.17) is 14.2 Å². The number of rotatable bonds is 42. The minimum absolute atomic E-state index is 0.0821. The van der Waals surface area contributed by atoms with Crippen molar-refractivity contribution in [3.05, 3.63) is 85.1 Å². The zero-order valence-electron chi connectivity index (χ0n) is 38.2. The van der Waals surface area contributed by atoms with Crippen molar-refractivity contribution in [1.29, 1.82) is 0 Å². The smallest absolute Gasteiger partial charge is 0.306 e. The maximum absolute atomic E-state index is 12.6. The van der Waals surface area contributed by atoms with Gasteiger partial charge in [0.1, 0.15) is 13.2 Å². The van der Waals surface area contributed by atoms with Gasteiger partial charge in [0, 0.05) is 19.3 Å². The van der Waals surface area contributed by atoms with Gasteiger partial charge in [0.05, 0.1) is 0 Å². The molecule has 0 spiro atoms. The lowest BCUT2D eigenvalue weighted by molar-refractivity contribution is -0.167. The van der Waals surface area contributed by atoms with Crippen LogP contribution in [0.4, 0.5) is 0 Å². The van der Waals surface area contributed by atoms with Crippen molar-refractivity contribution in [1.82, 2.24) is 0 Å². The fraction of sp³-hybridized carbons (Fsp3) is 0.679. The molecule has 0 aliphatic rings. The molecule has 0 heterocycles. The van der Waals surface area contributed by atoms with E-state index in [-0.39, 0.29) is 31.1 Å². The summed E-state index contributed by atoms with van der Waals surface area (Å²) < 4.78 is 16.6. The van der Waals surface area contributed by atoms with Crippen molar-refractivity contribution >= 4 is 17.9 Å². The molecular weight excluding hydrogens is 733 g/mol. The van der Waals surface area contributed by atoms with Crippen LogP contribution in [0.15, 0.2) is 85.1 Å². The summed E-state index contributed by atoms with van der Waals surface area (Å²) in [4.78, 5) is 37.5. The third-order valence-electron chi connectivity index (χ3n) is 9.91. The first-order chi connectivity index (χ1) is 29.0. The van der Waals surface area contributed by atoms with Crippen LogP contribution in [0.5, 0.6) is 0 Å². The molecular formula is C53H88O6. The highest BCUT2D eigenvalue weighted by Crippen LogP contribution is 2.13. The number of esters is 3. The molecule has 0 aliphatic heterocycles. The molecule has 6 nitrogen and oxygen atoms in total. The molecule has 1 unspecified atom stereocenters. The lowest BCUT2D eigenvalue weighted by Crippen LogP contribution is -2.30. The molecule has 0 saturated heterocycles. The van der Waals surface area contributed by atoms with Crippen LogP contribution >= 0.6 is 0 Å². The van der Waals surface area contributed by atoms with Gasteiger partial charge in [-0.25, -0.2) is 0 Å². The molecule has 0 fully saturated rings. The van der Waals surface area contributed by atoms with Gasteiger partial charge in [-0.2, -0.15) is 0 Å². The molecule has 1 atom stereocenters. The Hall–Kier alpha value is -3.41. The predicted octanol–water partition coefficient (Wildman–Crippen LogP) is 15.6. The van der Waals surface area contributed by atoms with E-state index in [0.717, 1.165) is 122 Å². The summed E-state index contributed by atoms with van der Waals surface area (Å²) >= 11 is 0. The van der Waals surface area contributed by atoms with Crippen LogP contribution in [0.25, 0.3) is 0 Å². The van der Waals surface area contributed by atoms with Crippen molar-refractivity contribution < 1.29 is 28.6 Å². The Balaban J connectivity index is 4.14. The van der Waals surface area contributed by atoms with Gasteiger partial charge in [-0.05, 0) is 77.0 Å². The Labute approximate surface area is 363 Å². The third-order valence-corrected chi connectivity index (χ3v) is 9.91. The van der Waals surface area contributed by atoms with E-state index >= 15 is 0 Å². The Bertz CT molecular complexity index is 1170. The molecule has 59 heavy (non-hydrogen) atoms. The number of hydrogen-bond acceptors (Lipinski definition) is 6. The quantitative estimate of drug-likeness (QED) is 0.0264. The fourth-order valence-corrected chi connectivity index (χ4v) is 6.30. The molecule has 0 saturated carbocycles. The first-order valence-electron chi connectivity index (χ1n) is 24.1. The van der Waals surface area contributed by atoms with Crippen LogP contribution in [0.3, 0.4) is 0 Å². The van der Waals surface area contributed by atoms with Gasteiger partial charge >= 0.3 is 17.9 Å². The lowest BCUT2D eigenvalue weighted by atomic mass is 10.1. The van der Waals surface area contributed by atoms with Crippen LogP contribution < -0.4 is 0 Å². The molecule has 0 aromatic rings. The van der Waals surface area contributed by atoms with E-state index in [9.17, 15) is 14.4 Å². The molecule has 0 bridgehead atoms. The van der Waals surface area contributed by atoms with E-state index in [0.29, 0.717) is 19.3 Å². The minimum Gasteiger partial charge on any atom is -0.462 e. The summed E-state index contributed by atoms with van der Waals surface area (Å²) in [6, 6.07) is 0. The zero-order valence-corrected chi connectivity index (χ0v) is 38.2. The first-order valence-corrected chi connectivity index (χ1v) is 24.1. The fourth-order valence-electron chi connectivity index (χ4n) is 6.30. The van der Waals surface area contributed by atoms with Crippen LogP contribution in [-0.4, -0.2) is 37.2 Å². The average Bonchev–Trinajstić information content (AvgIpc) is 3.23. The molecule has 0 N–H and O–H groups in total. The van der Waals surface area contributed by atoms with Crippen molar-refractivity contribution in [2.75, 3.05) is 13.2 Å². The third kappa shape index (κ3) is 45.5. The van der Waals surface area contributed by atoms with E-state index in [1.165, 1.54) is 51.4 Å². The molecule has 0 aromatic carbocycles. The molecule has 336 valence electrons. The van der Waals surface area contributed by atoms with Gasteiger partial charge in [-0.15, -0.1) is 0 Å². The molecule has 0 rings (SSSR count). The summed E-state index contributed by atoms with van der Waals surface area (Å²) in [5.74, 6) is -0.922. The summed E-state index contributed by atoms with van der Waals surface area (Å²) in [5, 5.41) is 0. The van der Waals surface area contributed by atoms with Gasteiger partial charge in [-0.3, -0.25) is 14.4 Å². The number of hydrogen-bond donors (Lipinski definition) is 0. The van der Waals surface area contributed by atoms with Gasteiger partial charge in [0.15, 0.2) is 6.10 Å². The van der Waals surface area contributed by atoms with E-state index < -0.39 is 6.10 Å². The Morgan fingerprint density at radius 2 is 0.661 bits per heavy atom. The molecule has 6 heteroatoms. The second kappa shape index (κ2) is 47.3. The highest BCUT2D eigenvalue weighted by molar-refractivity contribution is 5.71. The second-order valence-electron chi connectivity index (χ2n) is 15.6. The number of allylic oxidation sites excluding steroid dienone is 14. The predicted molar refractivity (Wildman–Crippen MR) is 251 cm³/mol. The van der Waals surface area contributed by atoms with E-state index in [1.807, 2.05) is 0 Å². The molecule has 0 aromatic heterocycles. The summed E-state index contributed by atoms with van der Waals surface area (Å²) in [6.07, 6.45) is 60.3. The first kappa shape index (κ1) is 55.6.